The Bertz CT molecular complexity index is 1170. The third kappa shape index (κ3) is 5.95. The Labute approximate surface area is 201 Å². The fraction of sp³-hybridized carbons (Fsp3) is 0.500. The van der Waals surface area contributed by atoms with Gasteiger partial charge in [0.15, 0.2) is 17.4 Å². The van der Waals surface area contributed by atoms with E-state index in [1.165, 1.54) is 35.5 Å². The molecule has 2 heterocycles. The Hall–Kier alpha value is -2.24. The van der Waals surface area contributed by atoms with Gasteiger partial charge in [0, 0.05) is 32.7 Å². The number of benzene rings is 2. The molecule has 4 rings (SSSR count). The summed E-state index contributed by atoms with van der Waals surface area (Å²) in [7, 11) is -3.28. The second-order valence-electron chi connectivity index (χ2n) is 9.33. The average Bonchev–Trinajstić information content (AvgIpc) is 2.72. The van der Waals surface area contributed by atoms with Crippen LogP contribution in [0, 0.1) is 18.6 Å². The van der Waals surface area contributed by atoms with Crippen LogP contribution in [0.2, 0.25) is 0 Å². The van der Waals surface area contributed by atoms with Crippen molar-refractivity contribution >= 4 is 10.0 Å². The lowest BCUT2D eigenvalue weighted by Crippen LogP contribution is -2.53. The van der Waals surface area contributed by atoms with Crippen molar-refractivity contribution in [3.63, 3.8) is 0 Å². The molecule has 2 aromatic carbocycles. The van der Waals surface area contributed by atoms with Crippen LogP contribution in [0.15, 0.2) is 30.3 Å². The van der Waals surface area contributed by atoms with E-state index in [-0.39, 0.29) is 11.5 Å². The SMILES string of the molecule is Cc1cc(CN2CC(Oc3c(F)cc(C4CCN(S(C)(=O)=O)CC4)cc3F)C2)ccc1C(F)(F)F. The van der Waals surface area contributed by atoms with Crippen molar-refractivity contribution in [2.24, 2.45) is 0 Å². The molecule has 11 heteroatoms. The zero-order chi connectivity index (χ0) is 25.5. The van der Waals surface area contributed by atoms with E-state index < -0.39 is 45.3 Å². The van der Waals surface area contributed by atoms with Crippen molar-refractivity contribution in [1.29, 1.82) is 0 Å². The smallest absolute Gasteiger partial charge is 0.416 e. The number of alkyl halides is 3. The largest absolute Gasteiger partial charge is 0.482 e. The van der Waals surface area contributed by atoms with E-state index in [9.17, 15) is 30.4 Å². The van der Waals surface area contributed by atoms with Crippen LogP contribution in [-0.2, 0) is 22.7 Å². The summed E-state index contributed by atoms with van der Waals surface area (Å²) in [5, 5.41) is 0. The first-order valence-corrected chi connectivity index (χ1v) is 13.2. The molecule has 2 saturated heterocycles. The van der Waals surface area contributed by atoms with Gasteiger partial charge in [-0.25, -0.2) is 21.5 Å². The number of hydrogen-bond acceptors (Lipinski definition) is 4. The van der Waals surface area contributed by atoms with Gasteiger partial charge >= 0.3 is 6.18 Å². The maximum Gasteiger partial charge on any atom is 0.416 e. The fourth-order valence-corrected chi connectivity index (χ4v) is 5.62. The quantitative estimate of drug-likeness (QED) is 0.521. The van der Waals surface area contributed by atoms with Crippen LogP contribution in [0.5, 0.6) is 5.75 Å². The van der Waals surface area contributed by atoms with Gasteiger partial charge in [-0.2, -0.15) is 13.2 Å². The van der Waals surface area contributed by atoms with Gasteiger partial charge in [-0.15, -0.1) is 0 Å². The number of rotatable bonds is 6. The molecule has 2 aliphatic heterocycles. The Morgan fingerprint density at radius 3 is 2.14 bits per heavy atom. The minimum Gasteiger partial charge on any atom is -0.482 e. The third-order valence-electron chi connectivity index (χ3n) is 6.63. The van der Waals surface area contributed by atoms with E-state index in [1.807, 2.05) is 4.90 Å². The third-order valence-corrected chi connectivity index (χ3v) is 7.93. The molecule has 0 atom stereocenters. The summed E-state index contributed by atoms with van der Waals surface area (Å²) in [5.74, 6) is -2.19. The van der Waals surface area contributed by atoms with E-state index in [4.69, 9.17) is 4.74 Å². The van der Waals surface area contributed by atoms with Crippen molar-refractivity contribution < 1.29 is 35.1 Å². The molecule has 192 valence electrons. The molecule has 2 aliphatic rings. The number of piperidine rings is 1. The molecule has 0 spiro atoms. The topological polar surface area (TPSA) is 49.9 Å². The molecule has 2 fully saturated rings. The summed E-state index contributed by atoms with van der Waals surface area (Å²) in [5.41, 5.74) is 0.682. The molecule has 0 amide bonds. The molecule has 35 heavy (non-hydrogen) atoms. The fourth-order valence-electron chi connectivity index (χ4n) is 4.74. The molecule has 0 saturated carbocycles. The first kappa shape index (κ1) is 25.8. The molecule has 0 aromatic heterocycles. The van der Waals surface area contributed by atoms with Crippen LogP contribution < -0.4 is 4.74 Å². The Balaban J connectivity index is 1.32. The van der Waals surface area contributed by atoms with Crippen LogP contribution >= 0.6 is 0 Å². The van der Waals surface area contributed by atoms with Gasteiger partial charge in [-0.1, -0.05) is 12.1 Å². The summed E-state index contributed by atoms with van der Waals surface area (Å²) < 4.78 is 98.4. The van der Waals surface area contributed by atoms with Crippen LogP contribution in [0.25, 0.3) is 0 Å². The molecule has 0 unspecified atom stereocenters. The van der Waals surface area contributed by atoms with Crippen molar-refractivity contribution in [1.82, 2.24) is 9.21 Å². The van der Waals surface area contributed by atoms with Gasteiger partial charge in [0.05, 0.1) is 11.8 Å². The minimum absolute atomic E-state index is 0.141. The molecule has 0 aliphatic carbocycles. The van der Waals surface area contributed by atoms with E-state index in [1.54, 1.807) is 0 Å². The summed E-state index contributed by atoms with van der Waals surface area (Å²) in [6, 6.07) is 6.49. The number of aryl methyl sites for hydroxylation is 1. The first-order valence-electron chi connectivity index (χ1n) is 11.3. The second kappa shape index (κ2) is 9.67. The highest BCUT2D eigenvalue weighted by molar-refractivity contribution is 7.88. The van der Waals surface area contributed by atoms with Gasteiger partial charge in [0.1, 0.15) is 6.10 Å². The second-order valence-corrected chi connectivity index (χ2v) is 11.3. The highest BCUT2D eigenvalue weighted by atomic mass is 32.2. The van der Waals surface area contributed by atoms with Gasteiger partial charge < -0.3 is 4.74 Å². The summed E-state index contributed by atoms with van der Waals surface area (Å²) in [6.45, 7) is 3.23. The van der Waals surface area contributed by atoms with E-state index in [2.05, 4.69) is 0 Å². The standard InChI is InChI=1S/C24H27F5N2O3S/c1-15-9-16(3-4-20(15)24(27,28)29)12-30-13-19(14-30)34-23-21(25)10-18(11-22(23)26)17-5-7-31(8-6-17)35(2,32)33/h3-4,9-11,17,19H,5-8,12-14H2,1-2H3. The average molecular weight is 519 g/mol. The summed E-state index contributed by atoms with van der Waals surface area (Å²) in [4.78, 5) is 1.92. The predicted molar refractivity (Wildman–Crippen MR) is 121 cm³/mol. The van der Waals surface area contributed by atoms with Crippen LogP contribution in [0.3, 0.4) is 0 Å². The number of halogens is 5. The van der Waals surface area contributed by atoms with E-state index in [0.717, 1.165) is 17.9 Å². The zero-order valence-electron chi connectivity index (χ0n) is 19.4. The van der Waals surface area contributed by atoms with Gasteiger partial charge in [0.25, 0.3) is 0 Å². The number of ether oxygens (including phenoxy) is 1. The Morgan fingerprint density at radius 2 is 1.63 bits per heavy atom. The molecule has 2 aromatic rings. The monoisotopic (exact) mass is 518 g/mol. The molecule has 5 nitrogen and oxygen atoms in total. The van der Waals surface area contributed by atoms with Crippen molar-refractivity contribution in [2.75, 3.05) is 32.4 Å². The molecular weight excluding hydrogens is 491 g/mol. The zero-order valence-corrected chi connectivity index (χ0v) is 20.2. The lowest BCUT2D eigenvalue weighted by Gasteiger charge is -2.39. The van der Waals surface area contributed by atoms with Crippen LogP contribution in [0.4, 0.5) is 22.0 Å². The van der Waals surface area contributed by atoms with Crippen molar-refractivity contribution in [3.05, 3.63) is 64.2 Å². The maximum atomic E-state index is 14.7. The highest BCUT2D eigenvalue weighted by Crippen LogP contribution is 2.35. The molecule has 0 radical (unpaired) electrons. The molecule has 0 N–H and O–H groups in total. The lowest BCUT2D eigenvalue weighted by molar-refractivity contribution is -0.138. The van der Waals surface area contributed by atoms with Crippen molar-refractivity contribution in [2.45, 2.75) is 44.5 Å². The minimum atomic E-state index is -4.39. The lowest BCUT2D eigenvalue weighted by atomic mass is 9.90. The van der Waals surface area contributed by atoms with Crippen LogP contribution in [0.1, 0.15) is 41.0 Å². The Morgan fingerprint density at radius 1 is 1.03 bits per heavy atom. The first-order chi connectivity index (χ1) is 16.3. The van der Waals surface area contributed by atoms with Crippen LogP contribution in [-0.4, -0.2) is 56.2 Å². The van der Waals surface area contributed by atoms with E-state index in [0.29, 0.717) is 51.1 Å². The van der Waals surface area contributed by atoms with Gasteiger partial charge in [-0.3, -0.25) is 4.90 Å². The van der Waals surface area contributed by atoms with Crippen molar-refractivity contribution in [3.8, 4) is 5.75 Å². The maximum absolute atomic E-state index is 14.7. The number of nitrogens with zero attached hydrogens (tertiary/aromatic N) is 2. The summed E-state index contributed by atoms with van der Waals surface area (Å²) >= 11 is 0. The van der Waals surface area contributed by atoms with E-state index >= 15 is 0 Å². The number of likely N-dealkylation sites (tertiary alicyclic amines) is 1. The van der Waals surface area contributed by atoms with Gasteiger partial charge in [0.2, 0.25) is 10.0 Å². The highest BCUT2D eigenvalue weighted by Gasteiger charge is 2.34. The summed E-state index contributed by atoms with van der Waals surface area (Å²) in [6.07, 6.45) is -2.72. The number of sulfonamides is 1. The van der Waals surface area contributed by atoms with Gasteiger partial charge in [-0.05, 0) is 60.6 Å². The predicted octanol–water partition coefficient (Wildman–Crippen LogP) is 4.69. The molecule has 0 bridgehead atoms. The molecular formula is C24H27F5N2O3S. The normalized spacial score (nSPS) is 19.1. The number of hydrogen-bond donors (Lipinski definition) is 0. The Kier molecular flexibility index (Phi) is 7.14.